The van der Waals surface area contributed by atoms with Crippen LogP contribution in [0, 0.1) is 21.7 Å². The summed E-state index contributed by atoms with van der Waals surface area (Å²) in [5.74, 6) is -1.07. The van der Waals surface area contributed by atoms with E-state index >= 15 is 0 Å². The Morgan fingerprint density at radius 1 is 1.20 bits per heavy atom. The highest BCUT2D eigenvalue weighted by atomic mass is 79.9. The van der Waals surface area contributed by atoms with Gasteiger partial charge in [-0.25, -0.2) is 8.78 Å². The molecule has 0 unspecified atom stereocenters. The molecule has 104 valence electrons. The average Bonchev–Trinajstić information content (AvgIpc) is 2.39. The summed E-state index contributed by atoms with van der Waals surface area (Å²) in [5.41, 5.74) is 0.113. The Hall–Kier alpha value is -2.02. The molecule has 0 aliphatic heterocycles. The summed E-state index contributed by atoms with van der Waals surface area (Å²) in [6.45, 7) is -0.0541. The van der Waals surface area contributed by atoms with Gasteiger partial charge in [-0.05, 0) is 30.3 Å². The van der Waals surface area contributed by atoms with E-state index in [1.807, 2.05) is 0 Å². The molecular weight excluding hydrogens is 334 g/mol. The number of rotatable bonds is 4. The van der Waals surface area contributed by atoms with E-state index in [2.05, 4.69) is 21.2 Å². The normalized spacial score (nSPS) is 10.3. The third kappa shape index (κ3) is 3.30. The van der Waals surface area contributed by atoms with Crippen LogP contribution in [0.2, 0.25) is 0 Å². The third-order valence-corrected chi connectivity index (χ3v) is 3.13. The van der Waals surface area contributed by atoms with Gasteiger partial charge in [0.2, 0.25) is 0 Å². The molecule has 4 nitrogen and oxygen atoms in total. The molecule has 0 heterocycles. The molecule has 20 heavy (non-hydrogen) atoms. The number of nitrogens with one attached hydrogen (secondary N) is 1. The van der Waals surface area contributed by atoms with Crippen LogP contribution in [0.25, 0.3) is 0 Å². The number of hydrogen-bond acceptors (Lipinski definition) is 3. The number of hydrogen-bond donors (Lipinski definition) is 1. The van der Waals surface area contributed by atoms with Crippen molar-refractivity contribution in [3.05, 3.63) is 68.2 Å². The molecule has 2 aromatic rings. The summed E-state index contributed by atoms with van der Waals surface area (Å²) >= 11 is 3.20. The van der Waals surface area contributed by atoms with Crippen molar-refractivity contribution in [3.63, 3.8) is 0 Å². The van der Waals surface area contributed by atoms with Gasteiger partial charge in [-0.2, -0.15) is 0 Å². The molecule has 2 aromatic carbocycles. The zero-order valence-electron chi connectivity index (χ0n) is 10.1. The Morgan fingerprint density at radius 3 is 2.65 bits per heavy atom. The SMILES string of the molecule is O=[N+]([O-])c1ccc(F)cc1CNc1cc(Br)ccc1F. The van der Waals surface area contributed by atoms with Gasteiger partial charge in [0.15, 0.2) is 0 Å². The Morgan fingerprint density at radius 2 is 1.95 bits per heavy atom. The second-order valence-corrected chi connectivity index (χ2v) is 4.92. The molecule has 0 radical (unpaired) electrons. The van der Waals surface area contributed by atoms with Gasteiger partial charge < -0.3 is 5.32 Å². The predicted octanol–water partition coefficient (Wildman–Crippen LogP) is 4.25. The van der Waals surface area contributed by atoms with Gasteiger partial charge in [-0.15, -0.1) is 0 Å². The zero-order chi connectivity index (χ0) is 14.7. The van der Waals surface area contributed by atoms with Crippen LogP contribution in [0.15, 0.2) is 40.9 Å². The summed E-state index contributed by atoms with van der Waals surface area (Å²) in [6.07, 6.45) is 0. The first-order valence-corrected chi connectivity index (χ1v) is 6.38. The number of anilines is 1. The molecule has 0 amide bonds. The molecule has 0 aliphatic rings. The Labute approximate surface area is 121 Å². The van der Waals surface area contributed by atoms with Crippen molar-refractivity contribution in [1.29, 1.82) is 0 Å². The lowest BCUT2D eigenvalue weighted by Gasteiger charge is -2.08. The Bertz CT molecular complexity index is 665. The van der Waals surface area contributed by atoms with Crippen molar-refractivity contribution in [1.82, 2.24) is 0 Å². The summed E-state index contributed by atoms with van der Waals surface area (Å²) < 4.78 is 27.3. The topological polar surface area (TPSA) is 55.2 Å². The molecule has 2 rings (SSSR count). The van der Waals surface area contributed by atoms with Crippen molar-refractivity contribution in [3.8, 4) is 0 Å². The Kier molecular flexibility index (Phi) is 4.29. The van der Waals surface area contributed by atoms with Gasteiger partial charge in [0.25, 0.3) is 5.69 Å². The van der Waals surface area contributed by atoms with E-state index in [9.17, 15) is 18.9 Å². The lowest BCUT2D eigenvalue weighted by atomic mass is 10.1. The van der Waals surface area contributed by atoms with E-state index in [0.717, 1.165) is 18.2 Å². The van der Waals surface area contributed by atoms with Crippen LogP contribution in [0.3, 0.4) is 0 Å². The molecule has 0 saturated carbocycles. The van der Waals surface area contributed by atoms with Gasteiger partial charge >= 0.3 is 0 Å². The average molecular weight is 343 g/mol. The summed E-state index contributed by atoms with van der Waals surface area (Å²) in [7, 11) is 0. The molecule has 0 spiro atoms. The van der Waals surface area contributed by atoms with Crippen molar-refractivity contribution in [2.45, 2.75) is 6.54 Å². The van der Waals surface area contributed by atoms with Gasteiger partial charge in [0.1, 0.15) is 11.6 Å². The first-order chi connectivity index (χ1) is 9.47. The van der Waals surface area contributed by atoms with Gasteiger partial charge in [-0.3, -0.25) is 10.1 Å². The highest BCUT2D eigenvalue weighted by Gasteiger charge is 2.14. The third-order valence-electron chi connectivity index (χ3n) is 2.64. The Balaban J connectivity index is 2.24. The van der Waals surface area contributed by atoms with E-state index in [4.69, 9.17) is 0 Å². The largest absolute Gasteiger partial charge is 0.378 e. The second kappa shape index (κ2) is 5.96. The zero-order valence-corrected chi connectivity index (χ0v) is 11.7. The van der Waals surface area contributed by atoms with Crippen LogP contribution >= 0.6 is 15.9 Å². The summed E-state index contributed by atoms with van der Waals surface area (Å²) in [5, 5.41) is 13.6. The number of benzene rings is 2. The first-order valence-electron chi connectivity index (χ1n) is 5.59. The van der Waals surface area contributed by atoms with Crippen LogP contribution in [0.5, 0.6) is 0 Å². The summed E-state index contributed by atoms with van der Waals surface area (Å²) in [4.78, 5) is 10.2. The van der Waals surface area contributed by atoms with Crippen molar-refractivity contribution < 1.29 is 13.7 Å². The van der Waals surface area contributed by atoms with Crippen molar-refractivity contribution >= 4 is 27.3 Å². The fourth-order valence-corrected chi connectivity index (χ4v) is 2.06. The number of nitro groups is 1. The fraction of sp³-hybridized carbons (Fsp3) is 0.0769. The van der Waals surface area contributed by atoms with E-state index in [0.29, 0.717) is 4.47 Å². The second-order valence-electron chi connectivity index (χ2n) is 4.01. The molecule has 0 atom stereocenters. The number of nitro benzene ring substituents is 1. The minimum absolute atomic E-state index is 0.0541. The van der Waals surface area contributed by atoms with Crippen LogP contribution in [0.1, 0.15) is 5.56 Å². The summed E-state index contributed by atoms with van der Waals surface area (Å²) in [6, 6.07) is 7.45. The first kappa shape index (κ1) is 14.4. The van der Waals surface area contributed by atoms with Crippen LogP contribution in [0.4, 0.5) is 20.2 Å². The van der Waals surface area contributed by atoms with Crippen molar-refractivity contribution in [2.75, 3.05) is 5.32 Å². The lowest BCUT2D eigenvalue weighted by molar-refractivity contribution is -0.385. The number of halogens is 3. The maximum atomic E-state index is 13.5. The van der Waals surface area contributed by atoms with E-state index in [1.54, 1.807) is 0 Å². The molecule has 0 fully saturated rings. The lowest BCUT2D eigenvalue weighted by Crippen LogP contribution is -2.05. The molecule has 1 N–H and O–H groups in total. The van der Waals surface area contributed by atoms with Crippen LogP contribution < -0.4 is 5.32 Å². The highest BCUT2D eigenvalue weighted by molar-refractivity contribution is 9.10. The highest BCUT2D eigenvalue weighted by Crippen LogP contribution is 2.24. The maximum Gasteiger partial charge on any atom is 0.274 e. The molecule has 0 aromatic heterocycles. The molecule has 0 saturated heterocycles. The molecule has 0 aliphatic carbocycles. The minimum Gasteiger partial charge on any atom is -0.378 e. The molecule has 7 heteroatoms. The maximum absolute atomic E-state index is 13.5. The smallest absolute Gasteiger partial charge is 0.274 e. The van der Waals surface area contributed by atoms with E-state index in [1.165, 1.54) is 18.2 Å². The van der Waals surface area contributed by atoms with Crippen LogP contribution in [-0.2, 0) is 6.54 Å². The monoisotopic (exact) mass is 342 g/mol. The fourth-order valence-electron chi connectivity index (χ4n) is 1.70. The van der Waals surface area contributed by atoms with Crippen LogP contribution in [-0.4, -0.2) is 4.92 Å². The van der Waals surface area contributed by atoms with Gasteiger partial charge in [-0.1, -0.05) is 15.9 Å². The van der Waals surface area contributed by atoms with Gasteiger partial charge in [0, 0.05) is 17.1 Å². The van der Waals surface area contributed by atoms with Crippen molar-refractivity contribution in [2.24, 2.45) is 0 Å². The van der Waals surface area contributed by atoms with E-state index in [-0.39, 0.29) is 23.5 Å². The molecular formula is C13H9BrF2N2O2. The quantitative estimate of drug-likeness (QED) is 0.667. The van der Waals surface area contributed by atoms with E-state index < -0.39 is 16.6 Å². The predicted molar refractivity (Wildman–Crippen MR) is 74.5 cm³/mol. The minimum atomic E-state index is -0.603. The van der Waals surface area contributed by atoms with Gasteiger partial charge in [0.05, 0.1) is 16.2 Å². The number of nitrogens with zero attached hydrogens (tertiary/aromatic N) is 1. The standard InChI is InChI=1S/C13H9BrF2N2O2/c14-9-1-3-11(16)12(6-9)17-7-8-5-10(15)2-4-13(8)18(19)20/h1-6,17H,7H2. The molecule has 0 bridgehead atoms.